The predicted octanol–water partition coefficient (Wildman–Crippen LogP) is 1.77. The highest BCUT2D eigenvalue weighted by Gasteiger charge is 2.26. The lowest BCUT2D eigenvalue weighted by Crippen LogP contribution is -2.13. The number of para-hydroxylation sites is 1. The zero-order valence-electron chi connectivity index (χ0n) is 8.85. The fourth-order valence-corrected chi connectivity index (χ4v) is 1.97. The second-order valence-electron chi connectivity index (χ2n) is 3.81. The van der Waals surface area contributed by atoms with Gasteiger partial charge in [-0.05, 0) is 12.5 Å². The van der Waals surface area contributed by atoms with E-state index in [0.29, 0.717) is 6.61 Å². The van der Waals surface area contributed by atoms with Gasteiger partial charge in [-0.2, -0.15) is 0 Å². The summed E-state index contributed by atoms with van der Waals surface area (Å²) < 4.78 is 10.5. The van der Waals surface area contributed by atoms with Crippen LogP contribution in [-0.4, -0.2) is 25.4 Å². The third-order valence-electron chi connectivity index (χ3n) is 2.87. The van der Waals surface area contributed by atoms with Gasteiger partial charge < -0.3 is 14.6 Å². The van der Waals surface area contributed by atoms with Crippen molar-refractivity contribution >= 4 is 0 Å². The molecule has 0 spiro atoms. The second-order valence-corrected chi connectivity index (χ2v) is 3.81. The average molecular weight is 208 g/mol. The summed E-state index contributed by atoms with van der Waals surface area (Å²) in [6.45, 7) is 1.39. The highest BCUT2D eigenvalue weighted by atomic mass is 16.5. The minimum absolute atomic E-state index is 0.196. The van der Waals surface area contributed by atoms with Crippen LogP contribution in [0.5, 0.6) is 5.75 Å². The van der Waals surface area contributed by atoms with Crippen LogP contribution >= 0.6 is 0 Å². The number of benzene rings is 1. The molecule has 2 atom stereocenters. The van der Waals surface area contributed by atoms with E-state index in [1.807, 2.05) is 24.3 Å². The van der Waals surface area contributed by atoms with Crippen LogP contribution in [0.15, 0.2) is 24.3 Å². The van der Waals surface area contributed by atoms with Crippen molar-refractivity contribution in [3.63, 3.8) is 0 Å². The smallest absolute Gasteiger partial charge is 0.124 e. The van der Waals surface area contributed by atoms with Crippen LogP contribution in [0.4, 0.5) is 0 Å². The third kappa shape index (κ3) is 2.13. The third-order valence-corrected chi connectivity index (χ3v) is 2.87. The van der Waals surface area contributed by atoms with Crippen LogP contribution in [0.3, 0.4) is 0 Å². The van der Waals surface area contributed by atoms with Crippen molar-refractivity contribution < 1.29 is 14.6 Å². The fourth-order valence-electron chi connectivity index (χ4n) is 1.97. The summed E-state index contributed by atoms with van der Waals surface area (Å²) in [6.07, 6.45) is 0.433. The Hall–Kier alpha value is -1.06. The topological polar surface area (TPSA) is 38.7 Å². The highest BCUT2D eigenvalue weighted by Crippen LogP contribution is 2.33. The maximum Gasteiger partial charge on any atom is 0.124 e. The molecule has 15 heavy (non-hydrogen) atoms. The van der Waals surface area contributed by atoms with Crippen LogP contribution in [0, 0.1) is 5.92 Å². The lowest BCUT2D eigenvalue weighted by Gasteiger charge is -2.19. The standard InChI is InChI=1S/C12H16O3/c1-14-11-5-3-2-4-10(11)12(13)9-6-7-15-8-9/h2-5,9,12-13H,6-8H2,1H3. The lowest BCUT2D eigenvalue weighted by molar-refractivity contribution is 0.0897. The van der Waals surface area contributed by atoms with Crippen molar-refractivity contribution in [3.05, 3.63) is 29.8 Å². The number of hydrogen-bond donors (Lipinski definition) is 1. The van der Waals surface area contributed by atoms with Crippen LogP contribution in [-0.2, 0) is 4.74 Å². The molecule has 82 valence electrons. The molecule has 0 aromatic heterocycles. The molecule has 1 N–H and O–H groups in total. The second kappa shape index (κ2) is 4.64. The Morgan fingerprint density at radius 3 is 2.93 bits per heavy atom. The van der Waals surface area contributed by atoms with Gasteiger partial charge in [-0.25, -0.2) is 0 Å². The van der Waals surface area contributed by atoms with Gasteiger partial charge in [0.15, 0.2) is 0 Å². The Kier molecular flexibility index (Phi) is 3.23. The van der Waals surface area contributed by atoms with Crippen LogP contribution in [0.2, 0.25) is 0 Å². The molecule has 2 unspecified atom stereocenters. The van der Waals surface area contributed by atoms with E-state index in [0.717, 1.165) is 24.3 Å². The summed E-state index contributed by atoms with van der Waals surface area (Å²) in [5, 5.41) is 10.2. The molecule has 0 amide bonds. The van der Waals surface area contributed by atoms with Crippen LogP contribution < -0.4 is 4.74 Å². The Bertz CT molecular complexity index is 318. The molecule has 0 radical (unpaired) electrons. The maximum atomic E-state index is 10.2. The van der Waals surface area contributed by atoms with Gasteiger partial charge in [0.1, 0.15) is 5.75 Å². The number of hydrogen-bond acceptors (Lipinski definition) is 3. The molecule has 1 aromatic carbocycles. The van der Waals surface area contributed by atoms with Crippen LogP contribution in [0.1, 0.15) is 18.1 Å². The maximum absolute atomic E-state index is 10.2. The monoisotopic (exact) mass is 208 g/mol. The summed E-state index contributed by atoms with van der Waals surface area (Å²) in [5.74, 6) is 0.943. The van der Waals surface area contributed by atoms with Gasteiger partial charge in [0.05, 0.1) is 19.8 Å². The molecular formula is C12H16O3. The van der Waals surface area contributed by atoms with E-state index in [-0.39, 0.29) is 5.92 Å². The van der Waals surface area contributed by atoms with Gasteiger partial charge in [0.2, 0.25) is 0 Å². The van der Waals surface area contributed by atoms with Crippen molar-refractivity contribution in [2.24, 2.45) is 5.92 Å². The van der Waals surface area contributed by atoms with Crippen molar-refractivity contribution in [1.82, 2.24) is 0 Å². The van der Waals surface area contributed by atoms with Crippen molar-refractivity contribution in [2.75, 3.05) is 20.3 Å². The van der Waals surface area contributed by atoms with Crippen molar-refractivity contribution in [3.8, 4) is 5.75 Å². The summed E-state index contributed by atoms with van der Waals surface area (Å²) >= 11 is 0. The van der Waals surface area contributed by atoms with Gasteiger partial charge in [0, 0.05) is 18.1 Å². The van der Waals surface area contributed by atoms with E-state index in [2.05, 4.69) is 0 Å². The largest absolute Gasteiger partial charge is 0.496 e. The van der Waals surface area contributed by atoms with Crippen molar-refractivity contribution in [1.29, 1.82) is 0 Å². The van der Waals surface area contributed by atoms with E-state index in [1.165, 1.54) is 0 Å². The van der Waals surface area contributed by atoms with E-state index in [4.69, 9.17) is 9.47 Å². The molecule has 1 aliphatic heterocycles. The van der Waals surface area contributed by atoms with Crippen LogP contribution in [0.25, 0.3) is 0 Å². The van der Waals surface area contributed by atoms with Gasteiger partial charge in [-0.3, -0.25) is 0 Å². The minimum atomic E-state index is -0.483. The Labute approximate surface area is 89.6 Å². The normalized spacial score (nSPS) is 22.7. The van der Waals surface area contributed by atoms with E-state index in [1.54, 1.807) is 7.11 Å². The minimum Gasteiger partial charge on any atom is -0.496 e. The first-order chi connectivity index (χ1) is 7.33. The SMILES string of the molecule is COc1ccccc1C(O)C1CCOC1. The van der Waals surface area contributed by atoms with Gasteiger partial charge in [0.25, 0.3) is 0 Å². The summed E-state index contributed by atoms with van der Waals surface area (Å²) in [5.41, 5.74) is 0.857. The van der Waals surface area contributed by atoms with Gasteiger partial charge >= 0.3 is 0 Å². The Balaban J connectivity index is 2.19. The molecule has 2 rings (SSSR count). The summed E-state index contributed by atoms with van der Waals surface area (Å²) in [7, 11) is 1.62. The Morgan fingerprint density at radius 2 is 2.27 bits per heavy atom. The molecule has 0 saturated carbocycles. The molecule has 3 nitrogen and oxygen atoms in total. The molecule has 3 heteroatoms. The molecule has 1 aromatic rings. The molecule has 0 aliphatic carbocycles. The quantitative estimate of drug-likeness (QED) is 0.822. The first-order valence-corrected chi connectivity index (χ1v) is 5.21. The first-order valence-electron chi connectivity index (χ1n) is 5.21. The first kappa shape index (κ1) is 10.5. The lowest BCUT2D eigenvalue weighted by atomic mass is 9.94. The predicted molar refractivity (Wildman–Crippen MR) is 56.9 cm³/mol. The zero-order chi connectivity index (χ0) is 10.7. The average Bonchev–Trinajstić information content (AvgIpc) is 2.81. The molecule has 0 bridgehead atoms. The van der Waals surface area contributed by atoms with Gasteiger partial charge in [-0.15, -0.1) is 0 Å². The highest BCUT2D eigenvalue weighted by molar-refractivity contribution is 5.35. The number of aliphatic hydroxyl groups excluding tert-OH is 1. The fraction of sp³-hybridized carbons (Fsp3) is 0.500. The summed E-state index contributed by atoms with van der Waals surface area (Å²) in [4.78, 5) is 0. The zero-order valence-corrected chi connectivity index (χ0v) is 8.85. The molecule has 1 fully saturated rings. The molecule has 1 aliphatic rings. The van der Waals surface area contributed by atoms with E-state index in [9.17, 15) is 5.11 Å². The number of ether oxygens (including phenoxy) is 2. The molecule has 1 saturated heterocycles. The molecule has 1 heterocycles. The molecular weight excluding hydrogens is 192 g/mol. The Morgan fingerprint density at radius 1 is 1.47 bits per heavy atom. The number of rotatable bonds is 3. The number of methoxy groups -OCH3 is 1. The van der Waals surface area contributed by atoms with E-state index >= 15 is 0 Å². The van der Waals surface area contributed by atoms with Gasteiger partial charge in [-0.1, -0.05) is 18.2 Å². The van der Waals surface area contributed by atoms with Crippen molar-refractivity contribution in [2.45, 2.75) is 12.5 Å². The summed E-state index contributed by atoms with van der Waals surface area (Å²) in [6, 6.07) is 7.59. The van der Waals surface area contributed by atoms with E-state index < -0.39 is 6.10 Å². The number of aliphatic hydroxyl groups is 1.